The molecule has 0 amide bonds. The molecule has 0 saturated heterocycles. The molecule has 0 bridgehead atoms. The highest BCUT2D eigenvalue weighted by Crippen LogP contribution is 2.41. The van der Waals surface area contributed by atoms with Crippen molar-refractivity contribution in [2.45, 2.75) is 44.0 Å². The zero-order chi connectivity index (χ0) is 14.0. The van der Waals surface area contributed by atoms with E-state index in [9.17, 15) is 8.78 Å². The molecule has 0 spiro atoms. The molecular formula is C15H19BrF2O. The molecule has 1 fully saturated rings. The Morgan fingerprint density at radius 3 is 2.63 bits per heavy atom. The van der Waals surface area contributed by atoms with E-state index in [0.29, 0.717) is 23.1 Å². The molecule has 106 valence electrons. The van der Waals surface area contributed by atoms with Gasteiger partial charge in [-0.2, -0.15) is 0 Å². The molecule has 2 rings (SSSR count). The van der Waals surface area contributed by atoms with E-state index in [1.54, 1.807) is 13.0 Å². The van der Waals surface area contributed by atoms with Crippen LogP contribution in [0.1, 0.15) is 42.1 Å². The predicted octanol–water partition coefficient (Wildman–Crippen LogP) is 4.91. The second-order valence-electron chi connectivity index (χ2n) is 5.24. The van der Waals surface area contributed by atoms with Gasteiger partial charge in [-0.1, -0.05) is 15.9 Å². The fourth-order valence-electron chi connectivity index (χ4n) is 2.58. The van der Waals surface area contributed by atoms with Crippen molar-refractivity contribution in [3.8, 4) is 0 Å². The normalized spacial score (nSPS) is 24.1. The maximum atomic E-state index is 13.8. The first-order valence-corrected chi connectivity index (χ1v) is 7.64. The van der Waals surface area contributed by atoms with Gasteiger partial charge in [0.25, 0.3) is 0 Å². The van der Waals surface area contributed by atoms with E-state index in [0.717, 1.165) is 31.9 Å². The van der Waals surface area contributed by atoms with E-state index < -0.39 is 11.6 Å². The Labute approximate surface area is 121 Å². The van der Waals surface area contributed by atoms with Crippen molar-refractivity contribution < 1.29 is 13.5 Å². The summed E-state index contributed by atoms with van der Waals surface area (Å²) in [4.78, 5) is -0.0561. The van der Waals surface area contributed by atoms with Crippen LogP contribution in [0.5, 0.6) is 0 Å². The van der Waals surface area contributed by atoms with Gasteiger partial charge >= 0.3 is 0 Å². The summed E-state index contributed by atoms with van der Waals surface area (Å²) in [6.45, 7) is 4.41. The quantitative estimate of drug-likeness (QED) is 0.696. The van der Waals surface area contributed by atoms with Gasteiger partial charge in [0.2, 0.25) is 0 Å². The molecule has 1 aliphatic carbocycles. The van der Waals surface area contributed by atoms with Gasteiger partial charge in [-0.15, -0.1) is 0 Å². The molecule has 19 heavy (non-hydrogen) atoms. The van der Waals surface area contributed by atoms with Crippen LogP contribution in [0.15, 0.2) is 12.1 Å². The van der Waals surface area contributed by atoms with Gasteiger partial charge < -0.3 is 4.74 Å². The fourth-order valence-corrected chi connectivity index (χ4v) is 3.46. The Balaban J connectivity index is 1.94. The van der Waals surface area contributed by atoms with Crippen LogP contribution in [0, 0.1) is 24.5 Å². The zero-order valence-electron chi connectivity index (χ0n) is 11.3. The Kier molecular flexibility index (Phi) is 4.96. The summed E-state index contributed by atoms with van der Waals surface area (Å²) in [5, 5.41) is 0. The molecule has 4 heteroatoms. The standard InChI is InChI=1S/C15H19BrF2O/c1-3-19-11-5-10(6-11)7-13(16)12-4-9(2)14(17)8-15(12)18/h4,8,10-11,13H,3,5-7H2,1-2H3. The van der Waals surface area contributed by atoms with Gasteiger partial charge in [-0.25, -0.2) is 8.78 Å². The number of ether oxygens (including phenoxy) is 1. The summed E-state index contributed by atoms with van der Waals surface area (Å²) in [6, 6.07) is 2.57. The largest absolute Gasteiger partial charge is 0.378 e. The molecule has 1 aromatic carbocycles. The summed E-state index contributed by atoms with van der Waals surface area (Å²) in [7, 11) is 0. The van der Waals surface area contributed by atoms with Crippen molar-refractivity contribution in [1.82, 2.24) is 0 Å². The van der Waals surface area contributed by atoms with Gasteiger partial charge in [0.15, 0.2) is 0 Å². The molecule has 1 nitrogen and oxygen atoms in total. The number of benzene rings is 1. The van der Waals surface area contributed by atoms with Crippen LogP contribution in [0.2, 0.25) is 0 Å². The minimum Gasteiger partial charge on any atom is -0.378 e. The van der Waals surface area contributed by atoms with Crippen molar-refractivity contribution in [1.29, 1.82) is 0 Å². The first-order valence-electron chi connectivity index (χ1n) is 6.72. The molecule has 0 heterocycles. The number of aryl methyl sites for hydroxylation is 1. The van der Waals surface area contributed by atoms with E-state index in [1.165, 1.54) is 0 Å². The molecule has 1 unspecified atom stereocenters. The van der Waals surface area contributed by atoms with Gasteiger partial charge in [0, 0.05) is 23.1 Å². The second-order valence-corrected chi connectivity index (χ2v) is 6.35. The van der Waals surface area contributed by atoms with Crippen molar-refractivity contribution in [2.24, 2.45) is 5.92 Å². The van der Waals surface area contributed by atoms with Gasteiger partial charge in [-0.05, 0) is 50.7 Å². The molecule has 1 aromatic rings. The monoisotopic (exact) mass is 332 g/mol. The average molecular weight is 333 g/mol. The molecule has 0 aliphatic heterocycles. The molecular weight excluding hydrogens is 314 g/mol. The van der Waals surface area contributed by atoms with E-state index in [1.807, 2.05) is 6.92 Å². The van der Waals surface area contributed by atoms with Crippen molar-refractivity contribution >= 4 is 15.9 Å². The van der Waals surface area contributed by atoms with Crippen molar-refractivity contribution in [2.75, 3.05) is 6.61 Å². The second kappa shape index (κ2) is 6.31. The lowest BCUT2D eigenvalue weighted by Crippen LogP contribution is -2.31. The zero-order valence-corrected chi connectivity index (χ0v) is 12.8. The van der Waals surface area contributed by atoms with E-state index in [4.69, 9.17) is 4.74 Å². The van der Waals surface area contributed by atoms with Gasteiger partial charge in [-0.3, -0.25) is 0 Å². The molecule has 1 aliphatic rings. The minimum absolute atomic E-state index is 0.0561. The Morgan fingerprint density at radius 2 is 2.00 bits per heavy atom. The highest BCUT2D eigenvalue weighted by Gasteiger charge is 2.31. The van der Waals surface area contributed by atoms with Crippen LogP contribution in [0.3, 0.4) is 0 Å². The minimum atomic E-state index is -0.485. The Morgan fingerprint density at radius 1 is 1.32 bits per heavy atom. The Hall–Kier alpha value is -0.480. The van der Waals surface area contributed by atoms with Crippen molar-refractivity contribution in [3.63, 3.8) is 0 Å². The lowest BCUT2D eigenvalue weighted by atomic mass is 9.78. The smallest absolute Gasteiger partial charge is 0.130 e. The van der Waals surface area contributed by atoms with Crippen LogP contribution in [-0.2, 0) is 4.74 Å². The van der Waals surface area contributed by atoms with Crippen LogP contribution in [0.25, 0.3) is 0 Å². The van der Waals surface area contributed by atoms with Crippen LogP contribution < -0.4 is 0 Å². The predicted molar refractivity (Wildman–Crippen MR) is 75.5 cm³/mol. The molecule has 0 N–H and O–H groups in total. The topological polar surface area (TPSA) is 9.23 Å². The van der Waals surface area contributed by atoms with Gasteiger partial charge in [0.05, 0.1) is 6.10 Å². The lowest BCUT2D eigenvalue weighted by molar-refractivity contribution is -0.0265. The third kappa shape index (κ3) is 3.54. The number of halogens is 3. The van der Waals surface area contributed by atoms with Gasteiger partial charge in [0.1, 0.15) is 11.6 Å². The Bertz CT molecular complexity index is 444. The molecule has 1 saturated carbocycles. The number of hydrogen-bond donors (Lipinski definition) is 0. The van der Waals surface area contributed by atoms with E-state index in [-0.39, 0.29) is 4.83 Å². The van der Waals surface area contributed by atoms with E-state index in [2.05, 4.69) is 15.9 Å². The highest BCUT2D eigenvalue weighted by atomic mass is 79.9. The number of rotatable bonds is 5. The SMILES string of the molecule is CCOC1CC(CC(Br)c2cc(C)c(F)cc2F)C1. The molecule has 0 aromatic heterocycles. The summed E-state index contributed by atoms with van der Waals surface area (Å²) in [5.74, 6) is -0.391. The maximum Gasteiger partial charge on any atom is 0.130 e. The lowest BCUT2D eigenvalue weighted by Gasteiger charge is -2.36. The molecule has 1 atom stereocenters. The van der Waals surface area contributed by atoms with Crippen LogP contribution in [0.4, 0.5) is 8.78 Å². The average Bonchev–Trinajstić information content (AvgIpc) is 2.31. The fraction of sp³-hybridized carbons (Fsp3) is 0.600. The van der Waals surface area contributed by atoms with Crippen molar-refractivity contribution in [3.05, 3.63) is 34.9 Å². The summed E-state index contributed by atoms with van der Waals surface area (Å²) < 4.78 is 32.5. The summed E-state index contributed by atoms with van der Waals surface area (Å²) in [5.41, 5.74) is 1.04. The number of alkyl halides is 1. The maximum absolute atomic E-state index is 13.8. The van der Waals surface area contributed by atoms with Crippen LogP contribution >= 0.6 is 15.9 Å². The third-order valence-corrected chi connectivity index (χ3v) is 4.62. The summed E-state index contributed by atoms with van der Waals surface area (Å²) >= 11 is 3.53. The first-order chi connectivity index (χ1) is 9.01. The first kappa shape index (κ1) is 14.9. The third-order valence-electron chi connectivity index (χ3n) is 3.75. The van der Waals surface area contributed by atoms with E-state index >= 15 is 0 Å². The number of hydrogen-bond acceptors (Lipinski definition) is 1. The van der Waals surface area contributed by atoms with Crippen LogP contribution in [-0.4, -0.2) is 12.7 Å². The summed E-state index contributed by atoms with van der Waals surface area (Å²) in [6.07, 6.45) is 3.32. The highest BCUT2D eigenvalue weighted by molar-refractivity contribution is 9.09. The molecule has 0 radical (unpaired) electrons.